The molecule has 6 heteroatoms. The van der Waals surface area contributed by atoms with Crippen LogP contribution in [0.3, 0.4) is 0 Å². The first-order valence-electron chi connectivity index (χ1n) is 4.08. The fourth-order valence-electron chi connectivity index (χ4n) is 1.06. The molecule has 0 unspecified atom stereocenters. The first kappa shape index (κ1) is 12.9. The maximum Gasteiger partial charge on any atom is 0.359 e. The van der Waals surface area contributed by atoms with Crippen molar-refractivity contribution < 1.29 is 9.53 Å². The third kappa shape index (κ3) is 2.71. The maximum absolute atomic E-state index is 11.3. The van der Waals surface area contributed by atoms with Crippen LogP contribution in [-0.4, -0.2) is 22.4 Å². The molecule has 0 aromatic carbocycles. The zero-order valence-electron chi connectivity index (χ0n) is 8.19. The number of ether oxygens (including phenoxy) is 1. The highest BCUT2D eigenvalue weighted by molar-refractivity contribution is 5.88. The minimum Gasteiger partial charge on any atom is -0.461 e. The van der Waals surface area contributed by atoms with Gasteiger partial charge in [-0.05, 0) is 6.92 Å². The van der Waals surface area contributed by atoms with E-state index >= 15 is 0 Å². The standard InChI is InChI=1S/C8H13N3O2.ClH/c1-3-13-8(12)7-6(4-9)5-11(2)10-7;/h5H,3-4,9H2,1-2H3;1H. The van der Waals surface area contributed by atoms with Crippen LogP contribution in [0.2, 0.25) is 0 Å². The van der Waals surface area contributed by atoms with Crippen LogP contribution < -0.4 is 5.73 Å². The van der Waals surface area contributed by atoms with Crippen molar-refractivity contribution in [3.05, 3.63) is 17.5 Å². The number of rotatable bonds is 3. The van der Waals surface area contributed by atoms with Crippen LogP contribution in [0.1, 0.15) is 23.0 Å². The molecule has 0 bridgehead atoms. The number of hydrogen-bond donors (Lipinski definition) is 1. The summed E-state index contributed by atoms with van der Waals surface area (Å²) in [5, 5.41) is 3.96. The summed E-state index contributed by atoms with van der Waals surface area (Å²) in [4.78, 5) is 11.3. The first-order valence-corrected chi connectivity index (χ1v) is 4.08. The van der Waals surface area contributed by atoms with Gasteiger partial charge in [0.15, 0.2) is 5.69 Å². The number of aryl methyl sites for hydroxylation is 1. The number of hydrogen-bond acceptors (Lipinski definition) is 4. The van der Waals surface area contributed by atoms with Crippen LogP contribution in [-0.2, 0) is 18.3 Å². The Labute approximate surface area is 88.6 Å². The summed E-state index contributed by atoms with van der Waals surface area (Å²) in [5.74, 6) is -0.413. The van der Waals surface area contributed by atoms with Gasteiger partial charge in [-0.3, -0.25) is 4.68 Å². The number of carbonyl (C=O) groups excluding carboxylic acids is 1. The largest absolute Gasteiger partial charge is 0.461 e. The molecule has 1 aromatic heterocycles. The maximum atomic E-state index is 11.3. The second-order valence-corrected chi connectivity index (χ2v) is 2.60. The molecule has 0 spiro atoms. The molecule has 0 saturated heterocycles. The molecule has 1 rings (SSSR count). The molecular formula is C8H14ClN3O2. The molecule has 14 heavy (non-hydrogen) atoms. The molecule has 0 saturated carbocycles. The lowest BCUT2D eigenvalue weighted by Crippen LogP contribution is -2.10. The van der Waals surface area contributed by atoms with Gasteiger partial charge >= 0.3 is 5.97 Å². The van der Waals surface area contributed by atoms with E-state index in [9.17, 15) is 4.79 Å². The van der Waals surface area contributed by atoms with Crippen LogP contribution in [0, 0.1) is 0 Å². The van der Waals surface area contributed by atoms with E-state index < -0.39 is 5.97 Å². The van der Waals surface area contributed by atoms with E-state index in [0.717, 1.165) is 0 Å². The molecule has 1 aromatic rings. The van der Waals surface area contributed by atoms with E-state index in [1.807, 2.05) is 0 Å². The fourth-order valence-corrected chi connectivity index (χ4v) is 1.06. The summed E-state index contributed by atoms with van der Waals surface area (Å²) in [6.45, 7) is 2.39. The van der Waals surface area contributed by atoms with Crippen molar-refractivity contribution in [1.82, 2.24) is 9.78 Å². The lowest BCUT2D eigenvalue weighted by Gasteiger charge is -1.98. The second-order valence-electron chi connectivity index (χ2n) is 2.60. The van der Waals surface area contributed by atoms with Gasteiger partial charge in [0.05, 0.1) is 6.61 Å². The van der Waals surface area contributed by atoms with Gasteiger partial charge in [-0.15, -0.1) is 12.4 Å². The minimum absolute atomic E-state index is 0. The van der Waals surface area contributed by atoms with Crippen LogP contribution in [0.5, 0.6) is 0 Å². The van der Waals surface area contributed by atoms with E-state index in [2.05, 4.69) is 5.10 Å². The average Bonchev–Trinajstić information content (AvgIpc) is 2.47. The van der Waals surface area contributed by atoms with E-state index in [-0.39, 0.29) is 12.4 Å². The summed E-state index contributed by atoms with van der Waals surface area (Å²) >= 11 is 0. The van der Waals surface area contributed by atoms with Crippen LogP contribution in [0.15, 0.2) is 6.20 Å². The summed E-state index contributed by atoms with van der Waals surface area (Å²) in [5.41, 5.74) is 6.46. The van der Waals surface area contributed by atoms with Crippen LogP contribution >= 0.6 is 12.4 Å². The first-order chi connectivity index (χ1) is 6.19. The minimum atomic E-state index is -0.413. The molecule has 2 N–H and O–H groups in total. The number of nitrogens with zero attached hydrogens (tertiary/aromatic N) is 2. The smallest absolute Gasteiger partial charge is 0.359 e. The Morgan fingerprint density at radius 2 is 2.36 bits per heavy atom. The van der Waals surface area contributed by atoms with E-state index in [4.69, 9.17) is 10.5 Å². The molecule has 80 valence electrons. The Morgan fingerprint density at radius 3 is 2.86 bits per heavy atom. The summed E-state index contributed by atoms with van der Waals surface area (Å²) in [6.07, 6.45) is 1.71. The number of aromatic nitrogens is 2. The highest BCUT2D eigenvalue weighted by Crippen LogP contribution is 2.06. The van der Waals surface area contributed by atoms with Crippen molar-refractivity contribution in [3.8, 4) is 0 Å². The van der Waals surface area contributed by atoms with Crippen molar-refractivity contribution in [1.29, 1.82) is 0 Å². The van der Waals surface area contributed by atoms with E-state index in [1.54, 1.807) is 24.9 Å². The zero-order chi connectivity index (χ0) is 9.84. The predicted molar refractivity (Wildman–Crippen MR) is 54.3 cm³/mol. The topological polar surface area (TPSA) is 70.1 Å². The van der Waals surface area contributed by atoms with E-state index in [1.165, 1.54) is 0 Å². The molecular weight excluding hydrogens is 206 g/mol. The molecule has 0 aliphatic carbocycles. The number of carbonyl (C=O) groups is 1. The Balaban J connectivity index is 0.00000169. The third-order valence-electron chi connectivity index (χ3n) is 1.59. The van der Waals surface area contributed by atoms with Crippen molar-refractivity contribution >= 4 is 18.4 Å². The van der Waals surface area contributed by atoms with E-state index in [0.29, 0.717) is 24.4 Å². The average molecular weight is 220 g/mol. The predicted octanol–water partition coefficient (Wildman–Crippen LogP) is 0.477. The highest BCUT2D eigenvalue weighted by atomic mass is 35.5. The molecule has 0 aliphatic heterocycles. The Bertz CT molecular complexity index is 312. The SMILES string of the molecule is CCOC(=O)c1nn(C)cc1CN.Cl. The quantitative estimate of drug-likeness (QED) is 0.751. The van der Waals surface area contributed by atoms with Crippen molar-refractivity contribution in [2.24, 2.45) is 12.8 Å². The lowest BCUT2D eigenvalue weighted by atomic mass is 10.2. The van der Waals surface area contributed by atoms with Crippen LogP contribution in [0.4, 0.5) is 0 Å². The number of esters is 1. The van der Waals surface area contributed by atoms with Gasteiger partial charge in [-0.25, -0.2) is 4.79 Å². The second kappa shape index (κ2) is 5.62. The van der Waals surface area contributed by atoms with Gasteiger partial charge in [0, 0.05) is 25.4 Å². The molecule has 0 aliphatic rings. The normalized spacial score (nSPS) is 9.36. The Hall–Kier alpha value is -1.07. The highest BCUT2D eigenvalue weighted by Gasteiger charge is 2.15. The van der Waals surface area contributed by atoms with Gasteiger partial charge in [-0.1, -0.05) is 0 Å². The summed E-state index contributed by atoms with van der Waals surface area (Å²) in [6, 6.07) is 0. The van der Waals surface area contributed by atoms with Gasteiger partial charge in [0.2, 0.25) is 0 Å². The van der Waals surface area contributed by atoms with Gasteiger partial charge in [0.25, 0.3) is 0 Å². The molecule has 0 amide bonds. The fraction of sp³-hybridized carbons (Fsp3) is 0.500. The zero-order valence-corrected chi connectivity index (χ0v) is 9.00. The molecule has 0 fully saturated rings. The summed E-state index contributed by atoms with van der Waals surface area (Å²) < 4.78 is 6.36. The van der Waals surface area contributed by atoms with Crippen molar-refractivity contribution in [2.45, 2.75) is 13.5 Å². The molecule has 0 atom stereocenters. The number of halogens is 1. The van der Waals surface area contributed by atoms with Crippen LogP contribution in [0.25, 0.3) is 0 Å². The summed E-state index contributed by atoms with van der Waals surface area (Å²) in [7, 11) is 1.74. The van der Waals surface area contributed by atoms with Crippen molar-refractivity contribution in [3.63, 3.8) is 0 Å². The Kier molecular flexibility index (Phi) is 5.19. The van der Waals surface area contributed by atoms with Gasteiger partial charge in [0.1, 0.15) is 0 Å². The lowest BCUT2D eigenvalue weighted by molar-refractivity contribution is 0.0517. The third-order valence-corrected chi connectivity index (χ3v) is 1.59. The molecule has 0 radical (unpaired) electrons. The Morgan fingerprint density at radius 1 is 1.71 bits per heavy atom. The molecule has 1 heterocycles. The van der Waals surface area contributed by atoms with Gasteiger partial charge in [-0.2, -0.15) is 5.10 Å². The number of nitrogens with two attached hydrogens (primary N) is 1. The van der Waals surface area contributed by atoms with Gasteiger partial charge < -0.3 is 10.5 Å². The monoisotopic (exact) mass is 219 g/mol. The molecule has 5 nitrogen and oxygen atoms in total. The van der Waals surface area contributed by atoms with Crippen molar-refractivity contribution in [2.75, 3.05) is 6.61 Å².